The zero-order valence-electron chi connectivity index (χ0n) is 15.1. The summed E-state index contributed by atoms with van der Waals surface area (Å²) in [6.07, 6.45) is 11.7. The average Bonchev–Trinajstić information content (AvgIpc) is 3.07. The van der Waals surface area contributed by atoms with Gasteiger partial charge in [-0.15, -0.1) is 0 Å². The molecule has 2 fully saturated rings. The van der Waals surface area contributed by atoms with Crippen LogP contribution in [0.4, 0.5) is 0 Å². The van der Waals surface area contributed by atoms with Gasteiger partial charge in [-0.2, -0.15) is 5.10 Å². The van der Waals surface area contributed by atoms with Crippen molar-refractivity contribution in [3.8, 4) is 5.82 Å². The summed E-state index contributed by atoms with van der Waals surface area (Å²) in [4.78, 5) is 18.8. The molecule has 0 amide bonds. The Hall–Kier alpha value is -2.74. The SMILES string of the molecule is O=c1ccc(-n2ccnc2)nn1CC1CCCN1Cc1cnoc1C1CC1. The zero-order chi connectivity index (χ0) is 18.2. The van der Waals surface area contributed by atoms with Crippen molar-refractivity contribution < 1.29 is 4.52 Å². The van der Waals surface area contributed by atoms with E-state index >= 15 is 0 Å². The Morgan fingerprint density at radius 1 is 1.22 bits per heavy atom. The van der Waals surface area contributed by atoms with E-state index in [1.54, 1.807) is 33.9 Å². The number of hydrogen-bond acceptors (Lipinski definition) is 6. The molecule has 3 aromatic rings. The molecule has 5 rings (SSSR count). The predicted octanol–water partition coefficient (Wildman–Crippen LogP) is 1.96. The van der Waals surface area contributed by atoms with E-state index in [0.29, 0.717) is 18.3 Å². The minimum absolute atomic E-state index is 0.0747. The lowest BCUT2D eigenvalue weighted by Gasteiger charge is -2.24. The normalized spacial score (nSPS) is 20.4. The molecule has 1 saturated heterocycles. The van der Waals surface area contributed by atoms with Crippen molar-refractivity contribution in [2.45, 2.75) is 50.7 Å². The molecule has 8 nitrogen and oxygen atoms in total. The molecule has 0 bridgehead atoms. The van der Waals surface area contributed by atoms with Crippen molar-refractivity contribution in [2.24, 2.45) is 0 Å². The highest BCUT2D eigenvalue weighted by molar-refractivity contribution is 5.22. The molecule has 2 aliphatic rings. The van der Waals surface area contributed by atoms with Gasteiger partial charge in [0.1, 0.15) is 12.1 Å². The van der Waals surface area contributed by atoms with Crippen LogP contribution < -0.4 is 5.56 Å². The van der Waals surface area contributed by atoms with Crippen molar-refractivity contribution in [3.05, 3.63) is 58.7 Å². The van der Waals surface area contributed by atoms with Gasteiger partial charge in [-0.1, -0.05) is 5.16 Å². The van der Waals surface area contributed by atoms with Crippen LogP contribution >= 0.6 is 0 Å². The highest BCUT2D eigenvalue weighted by Crippen LogP contribution is 2.42. The van der Waals surface area contributed by atoms with Gasteiger partial charge in [-0.05, 0) is 38.3 Å². The number of hydrogen-bond donors (Lipinski definition) is 0. The maximum atomic E-state index is 12.3. The fourth-order valence-corrected chi connectivity index (χ4v) is 3.90. The second kappa shape index (κ2) is 6.77. The lowest BCUT2D eigenvalue weighted by molar-refractivity contribution is 0.215. The van der Waals surface area contributed by atoms with E-state index in [9.17, 15) is 4.79 Å². The molecule has 1 saturated carbocycles. The maximum absolute atomic E-state index is 12.3. The lowest BCUT2D eigenvalue weighted by Crippen LogP contribution is -2.37. The Labute approximate surface area is 156 Å². The second-order valence-corrected chi connectivity index (χ2v) is 7.44. The van der Waals surface area contributed by atoms with Crippen LogP contribution in [0.25, 0.3) is 5.82 Å². The number of rotatable bonds is 6. The highest BCUT2D eigenvalue weighted by Gasteiger charge is 2.32. The average molecular weight is 366 g/mol. The Morgan fingerprint density at radius 2 is 2.15 bits per heavy atom. The van der Waals surface area contributed by atoms with Gasteiger partial charge in [0.15, 0.2) is 5.82 Å². The van der Waals surface area contributed by atoms with Gasteiger partial charge in [-0.3, -0.25) is 14.3 Å². The minimum atomic E-state index is -0.0747. The van der Waals surface area contributed by atoms with Crippen LogP contribution in [0.15, 0.2) is 46.4 Å². The summed E-state index contributed by atoms with van der Waals surface area (Å²) in [5.41, 5.74) is 1.12. The topological polar surface area (TPSA) is 82.0 Å². The lowest BCUT2D eigenvalue weighted by atomic mass is 10.1. The molecule has 1 aliphatic carbocycles. The number of aromatic nitrogens is 5. The van der Waals surface area contributed by atoms with E-state index in [1.165, 1.54) is 18.4 Å². The van der Waals surface area contributed by atoms with Crippen LogP contribution in [0.5, 0.6) is 0 Å². The third-order valence-corrected chi connectivity index (χ3v) is 5.50. The summed E-state index contributed by atoms with van der Waals surface area (Å²) in [6.45, 7) is 2.44. The van der Waals surface area contributed by atoms with Gasteiger partial charge in [0.25, 0.3) is 5.56 Å². The van der Waals surface area contributed by atoms with E-state index in [0.717, 1.165) is 31.7 Å². The van der Waals surface area contributed by atoms with Crippen LogP contribution in [-0.4, -0.2) is 42.0 Å². The van der Waals surface area contributed by atoms with E-state index in [-0.39, 0.29) is 11.6 Å². The summed E-state index contributed by atoms with van der Waals surface area (Å²) in [6, 6.07) is 3.59. The predicted molar refractivity (Wildman–Crippen MR) is 97.5 cm³/mol. The van der Waals surface area contributed by atoms with Crippen molar-refractivity contribution in [1.82, 2.24) is 29.4 Å². The zero-order valence-corrected chi connectivity index (χ0v) is 15.1. The summed E-state index contributed by atoms with van der Waals surface area (Å²) in [5.74, 6) is 2.31. The fraction of sp³-hybridized carbons (Fsp3) is 0.474. The second-order valence-electron chi connectivity index (χ2n) is 7.44. The van der Waals surface area contributed by atoms with Gasteiger partial charge in [0.05, 0.1) is 12.7 Å². The number of likely N-dealkylation sites (tertiary alicyclic amines) is 1. The molecule has 0 aromatic carbocycles. The monoisotopic (exact) mass is 366 g/mol. The third kappa shape index (κ3) is 3.32. The molecule has 1 atom stereocenters. The standard InChI is InChI=1S/C19H22N6O2/c26-18-6-5-17(24-9-7-20-13-24)22-25(18)12-16-2-1-8-23(16)11-15-10-21-27-19(15)14-3-4-14/h5-7,9-10,13-14,16H,1-4,8,11-12H2. The first-order chi connectivity index (χ1) is 13.3. The quantitative estimate of drug-likeness (QED) is 0.663. The first-order valence-electron chi connectivity index (χ1n) is 9.52. The van der Waals surface area contributed by atoms with Gasteiger partial charge < -0.3 is 4.52 Å². The van der Waals surface area contributed by atoms with E-state index in [1.807, 2.05) is 12.4 Å². The molecule has 140 valence electrons. The van der Waals surface area contributed by atoms with Crippen LogP contribution in [0.3, 0.4) is 0 Å². The van der Waals surface area contributed by atoms with Gasteiger partial charge >= 0.3 is 0 Å². The highest BCUT2D eigenvalue weighted by atomic mass is 16.5. The van der Waals surface area contributed by atoms with Gasteiger partial charge in [0, 0.05) is 42.5 Å². The van der Waals surface area contributed by atoms with Crippen molar-refractivity contribution in [3.63, 3.8) is 0 Å². The smallest absolute Gasteiger partial charge is 0.266 e. The molecule has 0 radical (unpaired) electrons. The summed E-state index contributed by atoms with van der Waals surface area (Å²) in [7, 11) is 0. The van der Waals surface area contributed by atoms with Crippen LogP contribution in [0, 0.1) is 0 Å². The molecule has 1 unspecified atom stereocenters. The first kappa shape index (κ1) is 16.4. The molecule has 27 heavy (non-hydrogen) atoms. The summed E-state index contributed by atoms with van der Waals surface area (Å²) < 4.78 is 8.86. The molecular formula is C19H22N6O2. The van der Waals surface area contributed by atoms with Gasteiger partial charge in [-0.25, -0.2) is 9.67 Å². The summed E-state index contributed by atoms with van der Waals surface area (Å²) >= 11 is 0. The maximum Gasteiger partial charge on any atom is 0.266 e. The number of imidazole rings is 1. The largest absolute Gasteiger partial charge is 0.361 e. The molecule has 4 heterocycles. The summed E-state index contributed by atoms with van der Waals surface area (Å²) in [5, 5.41) is 8.55. The molecule has 1 aliphatic heterocycles. The molecular weight excluding hydrogens is 344 g/mol. The minimum Gasteiger partial charge on any atom is -0.361 e. The molecule has 0 spiro atoms. The van der Waals surface area contributed by atoms with E-state index in [4.69, 9.17) is 4.52 Å². The van der Waals surface area contributed by atoms with Crippen LogP contribution in [-0.2, 0) is 13.1 Å². The fourth-order valence-electron chi connectivity index (χ4n) is 3.90. The third-order valence-electron chi connectivity index (χ3n) is 5.50. The Bertz CT molecular complexity index is 972. The van der Waals surface area contributed by atoms with E-state index < -0.39 is 0 Å². The molecule has 0 N–H and O–H groups in total. The van der Waals surface area contributed by atoms with Crippen molar-refractivity contribution in [1.29, 1.82) is 0 Å². The van der Waals surface area contributed by atoms with E-state index in [2.05, 4.69) is 20.1 Å². The van der Waals surface area contributed by atoms with Crippen molar-refractivity contribution in [2.75, 3.05) is 6.54 Å². The Balaban J connectivity index is 1.34. The Kier molecular flexibility index (Phi) is 4.12. The van der Waals surface area contributed by atoms with Crippen molar-refractivity contribution >= 4 is 0 Å². The first-order valence-corrected chi connectivity index (χ1v) is 9.52. The Morgan fingerprint density at radius 3 is 2.96 bits per heavy atom. The van der Waals surface area contributed by atoms with Crippen LogP contribution in [0.1, 0.15) is 42.9 Å². The van der Waals surface area contributed by atoms with Gasteiger partial charge in [0.2, 0.25) is 0 Å². The van der Waals surface area contributed by atoms with Crippen LogP contribution in [0.2, 0.25) is 0 Å². The number of nitrogens with zero attached hydrogens (tertiary/aromatic N) is 6. The molecule has 3 aromatic heterocycles. The molecule has 8 heteroatoms.